The highest BCUT2D eigenvalue weighted by Gasteiger charge is 2.21. The minimum atomic E-state index is -3.17. The van der Waals surface area contributed by atoms with Crippen molar-refractivity contribution in [2.45, 2.75) is 24.4 Å². The van der Waals surface area contributed by atoms with Gasteiger partial charge in [-0.2, -0.15) is 0 Å². The van der Waals surface area contributed by atoms with Gasteiger partial charge in [-0.25, -0.2) is 8.42 Å². The molecule has 1 rings (SSSR count). The van der Waals surface area contributed by atoms with Crippen LogP contribution in [0.3, 0.4) is 0 Å². The molecule has 0 saturated heterocycles. The largest absolute Gasteiger partial charge is 0.390 e. The Morgan fingerprint density at radius 2 is 1.89 bits per heavy atom. The van der Waals surface area contributed by atoms with E-state index in [0.29, 0.717) is 22.9 Å². The molecule has 2 N–H and O–H groups in total. The van der Waals surface area contributed by atoms with Crippen molar-refractivity contribution in [2.24, 2.45) is 0 Å². The van der Waals surface area contributed by atoms with E-state index in [1.165, 1.54) is 0 Å². The van der Waals surface area contributed by atoms with Gasteiger partial charge in [0.1, 0.15) is 6.10 Å². The highest BCUT2D eigenvalue weighted by Crippen LogP contribution is 2.24. The molecule has 0 aliphatic carbocycles. The topological polar surface area (TPSA) is 74.6 Å². The molecule has 0 radical (unpaired) electrons. The van der Waals surface area contributed by atoms with Crippen LogP contribution in [0.1, 0.15) is 23.7 Å². The zero-order valence-corrected chi connectivity index (χ0v) is 12.5. The van der Waals surface area contributed by atoms with Crippen LogP contribution in [0.4, 0.5) is 0 Å². The van der Waals surface area contributed by atoms with Crippen LogP contribution in [0.2, 0.25) is 0 Å². The molecule has 0 fully saturated rings. The van der Waals surface area contributed by atoms with Gasteiger partial charge in [0, 0.05) is 11.6 Å². The molecule has 6 heteroatoms. The number of benzene rings is 1. The maximum Gasteiger partial charge on any atom is 0.151 e. The van der Waals surface area contributed by atoms with Crippen molar-refractivity contribution < 1.29 is 18.6 Å². The minimum absolute atomic E-state index is 0.138. The average Bonchev–Trinajstić information content (AvgIpc) is 2.27. The van der Waals surface area contributed by atoms with Crippen molar-refractivity contribution in [1.29, 1.82) is 0 Å². The van der Waals surface area contributed by atoms with E-state index in [1.807, 2.05) is 0 Å². The molecule has 0 spiro atoms. The van der Waals surface area contributed by atoms with E-state index in [-0.39, 0.29) is 5.75 Å². The van der Waals surface area contributed by atoms with Crippen LogP contribution in [0.5, 0.6) is 0 Å². The van der Waals surface area contributed by atoms with E-state index in [1.54, 1.807) is 24.3 Å². The lowest BCUT2D eigenvalue weighted by Gasteiger charge is -2.20. The number of aliphatic hydroxyl groups excluding tert-OH is 2. The summed E-state index contributed by atoms with van der Waals surface area (Å²) in [6.45, 7) is 0. The summed E-state index contributed by atoms with van der Waals surface area (Å²) >= 11 is 3.19. The maximum atomic E-state index is 11.3. The van der Waals surface area contributed by atoms with Crippen LogP contribution in [-0.4, -0.2) is 36.3 Å². The molecule has 2 unspecified atom stereocenters. The molecule has 0 saturated carbocycles. The van der Waals surface area contributed by atoms with E-state index >= 15 is 0 Å². The molecular formula is C12H17BrO4S. The van der Waals surface area contributed by atoms with Crippen LogP contribution in [0.15, 0.2) is 24.3 Å². The number of rotatable bonds is 6. The SMILES string of the molecule is CS(=O)(=O)Cc1ccccc1C(O)C(O)CCBr. The normalized spacial score (nSPS) is 15.3. The summed E-state index contributed by atoms with van der Waals surface area (Å²) in [7, 11) is -3.17. The van der Waals surface area contributed by atoms with Gasteiger partial charge in [-0.3, -0.25) is 0 Å². The van der Waals surface area contributed by atoms with E-state index in [0.717, 1.165) is 6.26 Å². The van der Waals surface area contributed by atoms with Crippen molar-refractivity contribution in [3.05, 3.63) is 35.4 Å². The quantitative estimate of drug-likeness (QED) is 0.770. The smallest absolute Gasteiger partial charge is 0.151 e. The second-order valence-electron chi connectivity index (χ2n) is 4.26. The lowest BCUT2D eigenvalue weighted by molar-refractivity contribution is 0.0169. The minimum Gasteiger partial charge on any atom is -0.390 e. The van der Waals surface area contributed by atoms with Gasteiger partial charge in [-0.05, 0) is 17.5 Å². The first-order valence-electron chi connectivity index (χ1n) is 5.53. The van der Waals surface area contributed by atoms with Crippen LogP contribution in [0, 0.1) is 0 Å². The van der Waals surface area contributed by atoms with Gasteiger partial charge < -0.3 is 10.2 Å². The second-order valence-corrected chi connectivity index (χ2v) is 7.19. The van der Waals surface area contributed by atoms with Gasteiger partial charge in [0.25, 0.3) is 0 Å². The number of hydrogen-bond acceptors (Lipinski definition) is 4. The van der Waals surface area contributed by atoms with Crippen molar-refractivity contribution >= 4 is 25.8 Å². The Labute approximate surface area is 116 Å². The lowest BCUT2D eigenvalue weighted by Crippen LogP contribution is -2.20. The van der Waals surface area contributed by atoms with Crippen molar-refractivity contribution in [2.75, 3.05) is 11.6 Å². The number of hydrogen-bond donors (Lipinski definition) is 2. The summed E-state index contributed by atoms with van der Waals surface area (Å²) in [6.07, 6.45) is -0.440. The molecular weight excluding hydrogens is 320 g/mol. The van der Waals surface area contributed by atoms with Crippen molar-refractivity contribution in [1.82, 2.24) is 0 Å². The van der Waals surface area contributed by atoms with Crippen molar-refractivity contribution in [3.63, 3.8) is 0 Å². The zero-order valence-electron chi connectivity index (χ0n) is 10.1. The molecule has 102 valence electrons. The highest BCUT2D eigenvalue weighted by molar-refractivity contribution is 9.09. The summed E-state index contributed by atoms with van der Waals surface area (Å²) < 4.78 is 22.6. The van der Waals surface area contributed by atoms with E-state index in [2.05, 4.69) is 15.9 Å². The standard InChI is InChI=1S/C12H17BrO4S/c1-18(16,17)8-9-4-2-3-5-10(9)12(15)11(14)6-7-13/h2-5,11-12,14-15H,6-8H2,1H3. The Balaban J connectivity index is 3.01. The summed E-state index contributed by atoms with van der Waals surface area (Å²) in [5, 5.41) is 20.4. The molecule has 0 aliphatic rings. The molecule has 0 aromatic heterocycles. The van der Waals surface area contributed by atoms with Gasteiger partial charge in [0.15, 0.2) is 9.84 Å². The van der Waals surface area contributed by atoms with E-state index < -0.39 is 22.0 Å². The van der Waals surface area contributed by atoms with Crippen LogP contribution in [0.25, 0.3) is 0 Å². The van der Waals surface area contributed by atoms with E-state index in [4.69, 9.17) is 0 Å². The zero-order chi connectivity index (χ0) is 13.8. The summed E-state index contributed by atoms with van der Waals surface area (Å²) in [6, 6.07) is 6.72. The van der Waals surface area contributed by atoms with Crippen LogP contribution < -0.4 is 0 Å². The first-order chi connectivity index (χ1) is 8.35. The first kappa shape index (κ1) is 15.6. The van der Waals surface area contributed by atoms with Gasteiger partial charge >= 0.3 is 0 Å². The maximum absolute atomic E-state index is 11.3. The third-order valence-corrected chi connectivity index (χ3v) is 3.85. The lowest BCUT2D eigenvalue weighted by atomic mass is 9.98. The fourth-order valence-corrected chi connectivity index (χ4v) is 3.01. The molecule has 0 heterocycles. The molecule has 1 aromatic carbocycles. The monoisotopic (exact) mass is 336 g/mol. The second kappa shape index (κ2) is 6.65. The van der Waals surface area contributed by atoms with Gasteiger partial charge in [0.05, 0.1) is 11.9 Å². The Kier molecular flexibility index (Phi) is 5.78. The highest BCUT2D eigenvalue weighted by atomic mass is 79.9. The molecule has 0 bridgehead atoms. The van der Waals surface area contributed by atoms with Gasteiger partial charge in [-0.1, -0.05) is 40.2 Å². The average molecular weight is 337 g/mol. The first-order valence-corrected chi connectivity index (χ1v) is 8.71. The Bertz CT molecular complexity index is 487. The number of halogens is 1. The fourth-order valence-electron chi connectivity index (χ4n) is 1.71. The Morgan fingerprint density at radius 1 is 1.28 bits per heavy atom. The molecule has 1 aromatic rings. The fraction of sp³-hybridized carbons (Fsp3) is 0.500. The Hall–Kier alpha value is -0.430. The van der Waals surface area contributed by atoms with Crippen LogP contribution >= 0.6 is 15.9 Å². The number of aliphatic hydroxyl groups is 2. The van der Waals surface area contributed by atoms with Gasteiger partial charge in [-0.15, -0.1) is 0 Å². The Morgan fingerprint density at radius 3 is 2.44 bits per heavy atom. The number of alkyl halides is 1. The molecule has 0 aliphatic heterocycles. The summed E-state index contributed by atoms with van der Waals surface area (Å²) in [5.74, 6) is -0.138. The summed E-state index contributed by atoms with van der Waals surface area (Å²) in [5.41, 5.74) is 0.998. The molecule has 2 atom stereocenters. The summed E-state index contributed by atoms with van der Waals surface area (Å²) in [4.78, 5) is 0. The predicted octanol–water partition coefficient (Wildman–Crippen LogP) is 1.41. The van der Waals surface area contributed by atoms with E-state index in [9.17, 15) is 18.6 Å². The molecule has 4 nitrogen and oxygen atoms in total. The molecule has 0 amide bonds. The third-order valence-electron chi connectivity index (χ3n) is 2.56. The van der Waals surface area contributed by atoms with Crippen molar-refractivity contribution in [3.8, 4) is 0 Å². The van der Waals surface area contributed by atoms with Gasteiger partial charge in [0.2, 0.25) is 0 Å². The third kappa shape index (κ3) is 4.68. The van der Waals surface area contributed by atoms with Crippen LogP contribution in [-0.2, 0) is 15.6 Å². The molecule has 18 heavy (non-hydrogen) atoms. The number of sulfone groups is 1. The predicted molar refractivity (Wildman–Crippen MR) is 74.4 cm³/mol.